The maximum absolute atomic E-state index is 10.9. The van der Waals surface area contributed by atoms with E-state index in [4.69, 9.17) is 16.3 Å². The number of nitrogens with one attached hydrogen (secondary N) is 1. The van der Waals surface area contributed by atoms with Gasteiger partial charge < -0.3 is 15.9 Å². The van der Waals surface area contributed by atoms with Gasteiger partial charge in [-0.15, -0.1) is 0 Å². The summed E-state index contributed by atoms with van der Waals surface area (Å²) in [6, 6.07) is 4.48. The van der Waals surface area contributed by atoms with E-state index in [9.17, 15) is 10.1 Å². The van der Waals surface area contributed by atoms with Crippen LogP contribution in [-0.2, 0) is 0 Å². The molecule has 0 amide bonds. The molecule has 5 N–H and O–H groups in total. The van der Waals surface area contributed by atoms with Gasteiger partial charge in [-0.1, -0.05) is 0 Å². The van der Waals surface area contributed by atoms with Gasteiger partial charge in [-0.3, -0.25) is 10.1 Å². The smallest absolute Gasteiger partial charge is 0.272 e. The second-order valence-electron chi connectivity index (χ2n) is 4.36. The van der Waals surface area contributed by atoms with Crippen molar-refractivity contribution in [2.75, 3.05) is 11.2 Å². The second kappa shape index (κ2) is 5.59. The van der Waals surface area contributed by atoms with E-state index in [1.54, 1.807) is 19.9 Å². The summed E-state index contributed by atoms with van der Waals surface area (Å²) in [5.41, 5.74) is 9.00. The number of ether oxygens (including phenoxy) is 1. The third kappa shape index (κ3) is 3.15. The molecule has 1 aromatic carbocycles. The van der Waals surface area contributed by atoms with Crippen molar-refractivity contribution in [1.29, 1.82) is 0 Å². The lowest BCUT2D eigenvalue weighted by Crippen LogP contribution is -2.10. The van der Waals surface area contributed by atoms with Gasteiger partial charge in [-0.05, 0) is 25.5 Å². The first kappa shape index (κ1) is 14.5. The van der Waals surface area contributed by atoms with E-state index in [1.165, 1.54) is 12.1 Å². The molecule has 2 aromatic rings. The van der Waals surface area contributed by atoms with Gasteiger partial charge in [0.25, 0.3) is 5.69 Å². The highest BCUT2D eigenvalue weighted by Gasteiger charge is 2.15. The fourth-order valence-electron chi connectivity index (χ4n) is 1.76. The molecule has 1 heterocycles. The van der Waals surface area contributed by atoms with Crippen molar-refractivity contribution in [3.8, 4) is 11.6 Å². The number of nitrogens with two attached hydrogens (primary N) is 2. The van der Waals surface area contributed by atoms with Gasteiger partial charge in [-0.2, -0.15) is 9.97 Å². The second-order valence-corrected chi connectivity index (χ2v) is 4.36. The van der Waals surface area contributed by atoms with E-state index in [0.29, 0.717) is 22.7 Å². The van der Waals surface area contributed by atoms with E-state index in [1.807, 2.05) is 0 Å². The third-order valence-electron chi connectivity index (χ3n) is 2.77. The number of hydrogen-bond donors (Lipinski definition) is 3. The van der Waals surface area contributed by atoms with E-state index in [-0.39, 0.29) is 17.5 Å². The molecule has 0 aliphatic carbocycles. The van der Waals surface area contributed by atoms with Crippen LogP contribution in [0.2, 0.25) is 0 Å². The van der Waals surface area contributed by atoms with Crippen LogP contribution in [0.25, 0.3) is 0 Å². The lowest BCUT2D eigenvalue weighted by Gasteiger charge is -2.10. The molecule has 0 atom stereocenters. The fraction of sp³-hybridized carbons (Fsp3) is 0.167. The predicted molar refractivity (Wildman–Crippen MR) is 76.9 cm³/mol. The Morgan fingerprint density at radius 1 is 1.24 bits per heavy atom. The Labute approximate surface area is 120 Å². The van der Waals surface area contributed by atoms with Gasteiger partial charge in [0.05, 0.1) is 4.92 Å². The Kier molecular flexibility index (Phi) is 3.85. The van der Waals surface area contributed by atoms with Crippen LogP contribution in [0.15, 0.2) is 18.2 Å². The summed E-state index contributed by atoms with van der Waals surface area (Å²) in [7, 11) is 0. The third-order valence-corrected chi connectivity index (χ3v) is 2.77. The van der Waals surface area contributed by atoms with Gasteiger partial charge in [-0.25, -0.2) is 5.84 Å². The van der Waals surface area contributed by atoms with Gasteiger partial charge in [0.2, 0.25) is 11.8 Å². The van der Waals surface area contributed by atoms with Crippen LogP contribution in [0.3, 0.4) is 0 Å². The number of aryl methyl sites for hydroxylation is 2. The molecule has 0 spiro atoms. The van der Waals surface area contributed by atoms with Crippen LogP contribution in [0.1, 0.15) is 11.1 Å². The lowest BCUT2D eigenvalue weighted by atomic mass is 10.1. The minimum Gasteiger partial charge on any atom is -0.438 e. The Hall–Kier alpha value is -2.94. The highest BCUT2D eigenvalue weighted by Crippen LogP contribution is 2.31. The molecule has 0 unspecified atom stereocenters. The van der Waals surface area contributed by atoms with Crippen LogP contribution in [0.5, 0.6) is 11.6 Å². The summed E-state index contributed by atoms with van der Waals surface area (Å²) in [4.78, 5) is 18.2. The molecule has 2 rings (SSSR count). The molecule has 9 nitrogen and oxygen atoms in total. The van der Waals surface area contributed by atoms with Crippen LogP contribution in [0, 0.1) is 24.0 Å². The predicted octanol–water partition coefficient (Wildman–Crippen LogP) is 1.66. The largest absolute Gasteiger partial charge is 0.438 e. The van der Waals surface area contributed by atoms with Gasteiger partial charge in [0, 0.05) is 17.7 Å². The number of aromatic nitrogens is 2. The molecule has 0 aliphatic rings. The quantitative estimate of drug-likeness (QED) is 0.438. The standard InChI is InChI=1S/C12H14N6O3/c1-6-4-9(7(2)3-8(6)18(19)20)21-11-5-10(17-14)15-12(13)16-11/h3-5H,14H2,1-2H3,(H3,13,15,16,17). The maximum Gasteiger partial charge on any atom is 0.272 e. The molecule has 0 saturated heterocycles. The van der Waals surface area contributed by atoms with E-state index in [0.717, 1.165) is 0 Å². The maximum atomic E-state index is 10.9. The summed E-state index contributed by atoms with van der Waals surface area (Å²) >= 11 is 0. The molecule has 21 heavy (non-hydrogen) atoms. The van der Waals surface area contributed by atoms with Crippen molar-refractivity contribution >= 4 is 17.5 Å². The normalized spacial score (nSPS) is 10.2. The summed E-state index contributed by atoms with van der Waals surface area (Å²) in [6.45, 7) is 3.33. The minimum atomic E-state index is -0.439. The molecule has 9 heteroatoms. The Morgan fingerprint density at radius 3 is 2.57 bits per heavy atom. The number of nitrogen functional groups attached to an aromatic ring is 2. The summed E-state index contributed by atoms with van der Waals surface area (Å²) in [5.74, 6) is 6.19. The van der Waals surface area contributed by atoms with E-state index >= 15 is 0 Å². The number of rotatable bonds is 4. The number of hydrazine groups is 1. The fourth-order valence-corrected chi connectivity index (χ4v) is 1.76. The Balaban J connectivity index is 2.38. The van der Waals surface area contributed by atoms with Gasteiger partial charge in [0.1, 0.15) is 11.6 Å². The summed E-state index contributed by atoms with van der Waals surface area (Å²) in [5, 5.41) is 10.9. The molecule has 110 valence electrons. The summed E-state index contributed by atoms with van der Waals surface area (Å²) < 4.78 is 5.60. The number of hydrogen-bond acceptors (Lipinski definition) is 8. The summed E-state index contributed by atoms with van der Waals surface area (Å²) in [6.07, 6.45) is 0. The first-order chi connectivity index (χ1) is 9.90. The van der Waals surface area contributed by atoms with Crippen molar-refractivity contribution < 1.29 is 9.66 Å². The molecular weight excluding hydrogens is 276 g/mol. The van der Waals surface area contributed by atoms with Crippen molar-refractivity contribution in [1.82, 2.24) is 9.97 Å². The van der Waals surface area contributed by atoms with Gasteiger partial charge in [0.15, 0.2) is 0 Å². The van der Waals surface area contributed by atoms with Crippen LogP contribution in [-0.4, -0.2) is 14.9 Å². The van der Waals surface area contributed by atoms with Gasteiger partial charge >= 0.3 is 0 Å². The van der Waals surface area contributed by atoms with Crippen LogP contribution in [0.4, 0.5) is 17.5 Å². The molecule has 0 fully saturated rings. The zero-order chi connectivity index (χ0) is 15.6. The van der Waals surface area contributed by atoms with E-state index in [2.05, 4.69) is 15.4 Å². The zero-order valence-electron chi connectivity index (χ0n) is 11.5. The number of anilines is 2. The highest BCUT2D eigenvalue weighted by molar-refractivity contribution is 5.51. The molecular formula is C12H14N6O3. The lowest BCUT2D eigenvalue weighted by molar-refractivity contribution is -0.385. The SMILES string of the molecule is Cc1cc([N+](=O)[O-])c(C)cc1Oc1cc(NN)nc(N)n1. The first-order valence-corrected chi connectivity index (χ1v) is 5.95. The van der Waals surface area contributed by atoms with Crippen LogP contribution < -0.4 is 21.7 Å². The Morgan fingerprint density at radius 2 is 1.95 bits per heavy atom. The van der Waals surface area contributed by atoms with Crippen LogP contribution >= 0.6 is 0 Å². The highest BCUT2D eigenvalue weighted by atomic mass is 16.6. The molecule has 0 bridgehead atoms. The minimum absolute atomic E-state index is 0.00302. The molecule has 1 aromatic heterocycles. The average molecular weight is 290 g/mol. The van der Waals surface area contributed by atoms with Crippen molar-refractivity contribution in [3.05, 3.63) is 39.4 Å². The topological polar surface area (TPSA) is 142 Å². The monoisotopic (exact) mass is 290 g/mol. The molecule has 0 radical (unpaired) electrons. The first-order valence-electron chi connectivity index (χ1n) is 5.95. The number of nitro groups is 1. The number of benzene rings is 1. The van der Waals surface area contributed by atoms with Crippen molar-refractivity contribution in [3.63, 3.8) is 0 Å². The molecule has 0 aliphatic heterocycles. The Bertz CT molecular complexity index is 704. The molecule has 0 saturated carbocycles. The number of nitro benzene ring substituents is 1. The van der Waals surface area contributed by atoms with E-state index < -0.39 is 4.92 Å². The van der Waals surface area contributed by atoms with Crippen molar-refractivity contribution in [2.45, 2.75) is 13.8 Å². The zero-order valence-corrected chi connectivity index (χ0v) is 11.5. The van der Waals surface area contributed by atoms with Crippen molar-refractivity contribution in [2.24, 2.45) is 5.84 Å². The average Bonchev–Trinajstić information content (AvgIpc) is 2.41. The number of nitrogens with zero attached hydrogens (tertiary/aromatic N) is 3.